The van der Waals surface area contributed by atoms with Gasteiger partial charge in [0.05, 0.1) is 5.41 Å². The van der Waals surface area contributed by atoms with E-state index in [2.05, 4.69) is 46.8 Å². The van der Waals surface area contributed by atoms with Crippen LogP contribution in [0.1, 0.15) is 58.8 Å². The molecule has 6 atom stereocenters. The minimum atomic E-state index is -0.0768. The zero-order chi connectivity index (χ0) is 16.6. The number of nitrogens with one attached hydrogen (secondary N) is 1. The van der Waals surface area contributed by atoms with Crippen molar-refractivity contribution in [2.75, 3.05) is 12.3 Å². The molecule has 2 saturated heterocycles. The Morgan fingerprint density at radius 3 is 2.75 bits per heavy atom. The maximum atomic E-state index is 12.4. The lowest BCUT2D eigenvalue weighted by atomic mass is 9.47. The lowest BCUT2D eigenvalue weighted by Gasteiger charge is -2.57. The molecule has 1 unspecified atom stereocenters. The van der Waals surface area contributed by atoms with Crippen LogP contribution in [-0.4, -0.2) is 23.0 Å². The highest BCUT2D eigenvalue weighted by Gasteiger charge is 2.60. The highest BCUT2D eigenvalue weighted by atomic mass is 33.1. The maximum absolute atomic E-state index is 12.4. The second-order valence-corrected chi connectivity index (χ2v) is 12.2. The van der Waals surface area contributed by atoms with Gasteiger partial charge in [0.15, 0.2) is 0 Å². The molecule has 0 radical (unpaired) electrons. The van der Waals surface area contributed by atoms with Crippen LogP contribution in [0.2, 0.25) is 0 Å². The SMILES string of the molecule is C[C@]12CCC3(C=C1CC[C@@H]1[C@@H]2CC[C@]2(C)C(=O)NC[C@@H]12)CCSS3. The second-order valence-electron chi connectivity index (χ2n) is 9.39. The molecule has 2 aliphatic heterocycles. The van der Waals surface area contributed by atoms with Gasteiger partial charge in [-0.2, -0.15) is 0 Å². The van der Waals surface area contributed by atoms with Crippen LogP contribution in [0, 0.1) is 28.6 Å². The molecule has 0 bridgehead atoms. The van der Waals surface area contributed by atoms with Crippen molar-refractivity contribution in [1.82, 2.24) is 5.32 Å². The first-order chi connectivity index (χ1) is 11.5. The summed E-state index contributed by atoms with van der Waals surface area (Å²) in [5.74, 6) is 3.80. The molecule has 5 aliphatic rings. The molecular weight excluding hydrogens is 334 g/mol. The molecule has 4 heteroatoms. The van der Waals surface area contributed by atoms with Crippen molar-refractivity contribution in [2.24, 2.45) is 28.6 Å². The van der Waals surface area contributed by atoms with Gasteiger partial charge in [-0.3, -0.25) is 4.79 Å². The number of fused-ring (bicyclic) bond motifs is 5. The minimum absolute atomic E-state index is 0.0768. The summed E-state index contributed by atoms with van der Waals surface area (Å²) >= 11 is 0. The van der Waals surface area contributed by atoms with Crippen LogP contribution in [-0.2, 0) is 4.79 Å². The first-order valence-electron chi connectivity index (χ1n) is 9.78. The van der Waals surface area contributed by atoms with Gasteiger partial charge in [-0.05, 0) is 68.1 Å². The first kappa shape index (κ1) is 16.1. The van der Waals surface area contributed by atoms with Crippen molar-refractivity contribution < 1.29 is 4.79 Å². The molecule has 4 fully saturated rings. The molecule has 0 aromatic carbocycles. The van der Waals surface area contributed by atoms with Crippen LogP contribution in [0.3, 0.4) is 0 Å². The van der Waals surface area contributed by atoms with Crippen LogP contribution in [0.25, 0.3) is 0 Å². The Morgan fingerprint density at radius 2 is 1.96 bits per heavy atom. The molecule has 3 aliphatic carbocycles. The van der Waals surface area contributed by atoms with Gasteiger partial charge in [-0.25, -0.2) is 0 Å². The van der Waals surface area contributed by atoms with Crippen LogP contribution in [0.15, 0.2) is 11.6 Å². The van der Waals surface area contributed by atoms with Crippen molar-refractivity contribution in [2.45, 2.75) is 63.5 Å². The molecule has 24 heavy (non-hydrogen) atoms. The van der Waals surface area contributed by atoms with Crippen LogP contribution < -0.4 is 5.32 Å². The number of amides is 1. The summed E-state index contributed by atoms with van der Waals surface area (Å²) in [5.41, 5.74) is 2.12. The Balaban J connectivity index is 1.48. The molecule has 1 N–H and O–H groups in total. The van der Waals surface area contributed by atoms with Crippen LogP contribution in [0.5, 0.6) is 0 Å². The number of hydrogen-bond donors (Lipinski definition) is 1. The Morgan fingerprint density at radius 1 is 1.08 bits per heavy atom. The molecule has 1 amide bonds. The predicted molar refractivity (Wildman–Crippen MR) is 103 cm³/mol. The van der Waals surface area contributed by atoms with Crippen molar-refractivity contribution in [3.8, 4) is 0 Å². The van der Waals surface area contributed by atoms with Gasteiger partial charge in [0.2, 0.25) is 5.91 Å². The fraction of sp³-hybridized carbons (Fsp3) is 0.850. The van der Waals surface area contributed by atoms with E-state index in [1.807, 2.05) is 0 Å². The maximum Gasteiger partial charge on any atom is 0.226 e. The smallest absolute Gasteiger partial charge is 0.226 e. The van der Waals surface area contributed by atoms with Crippen molar-refractivity contribution in [3.05, 3.63) is 11.6 Å². The fourth-order valence-electron chi connectivity index (χ4n) is 6.83. The summed E-state index contributed by atoms with van der Waals surface area (Å²) in [6.07, 6.45) is 11.8. The zero-order valence-corrected chi connectivity index (χ0v) is 16.5. The molecule has 5 rings (SSSR count). The number of carbonyl (C=O) groups is 1. The monoisotopic (exact) mass is 363 g/mol. The number of allylic oxidation sites excluding steroid dienone is 1. The second kappa shape index (κ2) is 5.22. The third kappa shape index (κ3) is 2.02. The standard InChI is InChI=1S/C20H29NOS2/c1-18-7-8-20(9-10-23-24-20)11-13(18)3-4-14-15(18)5-6-19(2)16(14)12-21-17(19)22/h11,14-16H,3-10,12H2,1-2H3,(H,21,22)/t14-,15+,16+,18+,19+,20?/m1/s1. The van der Waals surface area contributed by atoms with Crippen LogP contribution in [0.4, 0.5) is 0 Å². The van der Waals surface area contributed by atoms with E-state index in [-0.39, 0.29) is 5.41 Å². The quantitative estimate of drug-likeness (QED) is 0.495. The third-order valence-electron chi connectivity index (χ3n) is 8.47. The zero-order valence-electron chi connectivity index (χ0n) is 14.9. The lowest BCUT2D eigenvalue weighted by Crippen LogP contribution is -2.52. The summed E-state index contributed by atoms with van der Waals surface area (Å²) in [6.45, 7) is 5.75. The summed E-state index contributed by atoms with van der Waals surface area (Å²) in [4.78, 5) is 12.4. The van der Waals surface area contributed by atoms with Crippen molar-refractivity contribution >= 4 is 27.5 Å². The van der Waals surface area contributed by atoms with Gasteiger partial charge in [-0.1, -0.05) is 47.1 Å². The van der Waals surface area contributed by atoms with E-state index in [4.69, 9.17) is 0 Å². The van der Waals surface area contributed by atoms with Gasteiger partial charge in [0.25, 0.3) is 0 Å². The number of carbonyl (C=O) groups excluding carboxylic acids is 1. The average Bonchev–Trinajstić information content (AvgIpc) is 3.14. The van der Waals surface area contributed by atoms with Crippen molar-refractivity contribution in [1.29, 1.82) is 0 Å². The minimum Gasteiger partial charge on any atom is -0.355 e. The van der Waals surface area contributed by atoms with Crippen LogP contribution >= 0.6 is 21.6 Å². The average molecular weight is 364 g/mol. The summed E-state index contributed by atoms with van der Waals surface area (Å²) in [6, 6.07) is 0. The Kier molecular flexibility index (Phi) is 3.50. The molecular formula is C20H29NOS2. The number of rotatable bonds is 0. The first-order valence-corrected chi connectivity index (χ1v) is 12.1. The van der Waals surface area contributed by atoms with E-state index >= 15 is 0 Å². The van der Waals surface area contributed by atoms with Gasteiger partial charge >= 0.3 is 0 Å². The van der Waals surface area contributed by atoms with Gasteiger partial charge in [0.1, 0.15) is 0 Å². The van der Waals surface area contributed by atoms with Gasteiger partial charge in [0, 0.05) is 17.0 Å². The molecule has 0 aromatic rings. The molecule has 2 heterocycles. The molecule has 1 spiro atoms. The number of hydrogen-bond acceptors (Lipinski definition) is 3. The van der Waals surface area contributed by atoms with E-state index in [1.54, 1.807) is 5.57 Å². The largest absolute Gasteiger partial charge is 0.355 e. The van der Waals surface area contributed by atoms with E-state index in [0.29, 0.717) is 22.0 Å². The Bertz CT molecular complexity index is 611. The molecule has 0 aromatic heterocycles. The third-order valence-corrected chi connectivity index (χ3v) is 11.7. The molecule has 132 valence electrons. The van der Waals surface area contributed by atoms with E-state index in [1.165, 1.54) is 44.3 Å². The predicted octanol–water partition coefficient (Wildman–Crippen LogP) is 4.81. The van der Waals surface area contributed by atoms with Gasteiger partial charge in [-0.15, -0.1) is 0 Å². The molecule has 2 saturated carbocycles. The van der Waals surface area contributed by atoms with E-state index in [9.17, 15) is 4.79 Å². The Labute approximate surface area is 153 Å². The summed E-state index contributed by atoms with van der Waals surface area (Å²) in [7, 11) is 4.23. The topological polar surface area (TPSA) is 29.1 Å². The van der Waals surface area contributed by atoms with E-state index < -0.39 is 0 Å². The highest BCUT2D eigenvalue weighted by molar-refractivity contribution is 8.77. The highest BCUT2D eigenvalue weighted by Crippen LogP contribution is 2.65. The molecule has 2 nitrogen and oxygen atoms in total. The summed E-state index contributed by atoms with van der Waals surface area (Å²) in [5, 5.41) is 3.20. The van der Waals surface area contributed by atoms with E-state index in [0.717, 1.165) is 24.8 Å². The van der Waals surface area contributed by atoms with Gasteiger partial charge < -0.3 is 5.32 Å². The normalized spacial score (nSPS) is 53.2. The van der Waals surface area contributed by atoms with Crippen molar-refractivity contribution in [3.63, 3.8) is 0 Å². The summed E-state index contributed by atoms with van der Waals surface area (Å²) < 4.78 is 0.459. The Hall–Kier alpha value is -0.0900. The fourth-order valence-corrected chi connectivity index (χ4v) is 10.1. The lowest BCUT2D eigenvalue weighted by molar-refractivity contribution is -0.133.